The third-order valence-electron chi connectivity index (χ3n) is 3.26. The van der Waals surface area contributed by atoms with Crippen LogP contribution < -0.4 is 9.47 Å². The quantitative estimate of drug-likeness (QED) is 0.285. The van der Waals surface area contributed by atoms with E-state index in [1.807, 2.05) is 0 Å². The lowest BCUT2D eigenvalue weighted by molar-refractivity contribution is -0.138. The van der Waals surface area contributed by atoms with Gasteiger partial charge in [0.15, 0.2) is 6.61 Å². The molecule has 6 nitrogen and oxygen atoms in total. The van der Waals surface area contributed by atoms with Gasteiger partial charge in [-0.2, -0.15) is 5.26 Å². The monoisotopic (exact) mass is 419 g/mol. The Labute approximate surface area is 171 Å². The predicted molar refractivity (Wildman–Crippen MR) is 104 cm³/mol. The number of esters is 2. The van der Waals surface area contributed by atoms with Gasteiger partial charge in [-0.25, -0.2) is 9.59 Å². The standard InChI is InChI=1S/C20H15Cl2NO5/c1-2-26-20(25)14(11-23)8-13-4-3-5-16(9-13)28-19(24)12-27-18-7-6-15(21)10-17(18)22/h3-10H,2,12H2,1H3/b14-8+. The van der Waals surface area contributed by atoms with Crippen molar-refractivity contribution in [1.29, 1.82) is 5.26 Å². The fraction of sp³-hybridized carbons (Fsp3) is 0.150. The van der Waals surface area contributed by atoms with Gasteiger partial charge in [-0.3, -0.25) is 0 Å². The van der Waals surface area contributed by atoms with E-state index in [4.69, 9.17) is 42.7 Å². The van der Waals surface area contributed by atoms with E-state index in [2.05, 4.69) is 0 Å². The molecule has 2 aromatic carbocycles. The predicted octanol–water partition coefficient (Wildman–Crippen LogP) is 4.45. The fourth-order valence-electron chi connectivity index (χ4n) is 2.07. The molecule has 0 aliphatic carbocycles. The van der Waals surface area contributed by atoms with Gasteiger partial charge in [-0.05, 0) is 48.9 Å². The molecular formula is C20H15Cl2NO5. The van der Waals surface area contributed by atoms with E-state index in [9.17, 15) is 9.59 Å². The van der Waals surface area contributed by atoms with Crippen molar-refractivity contribution in [2.45, 2.75) is 6.92 Å². The number of rotatable bonds is 7. The molecule has 0 heterocycles. The largest absolute Gasteiger partial charge is 0.480 e. The summed E-state index contributed by atoms with van der Waals surface area (Å²) in [5.41, 5.74) is 0.336. The summed E-state index contributed by atoms with van der Waals surface area (Å²) in [4.78, 5) is 23.7. The summed E-state index contributed by atoms with van der Waals surface area (Å²) in [6.45, 7) is 1.44. The topological polar surface area (TPSA) is 85.6 Å². The van der Waals surface area contributed by atoms with Crippen LogP contribution in [0.1, 0.15) is 12.5 Å². The Balaban J connectivity index is 2.02. The van der Waals surface area contributed by atoms with Gasteiger partial charge in [0.25, 0.3) is 0 Å². The molecule has 0 radical (unpaired) electrons. The third kappa shape index (κ3) is 6.31. The van der Waals surface area contributed by atoms with Crippen LogP contribution in [-0.2, 0) is 14.3 Å². The molecule has 0 spiro atoms. The number of hydrogen-bond acceptors (Lipinski definition) is 6. The average molecular weight is 420 g/mol. The van der Waals surface area contributed by atoms with Crippen molar-refractivity contribution >= 4 is 41.2 Å². The second kappa shape index (κ2) is 10.4. The van der Waals surface area contributed by atoms with Crippen LogP contribution in [0.2, 0.25) is 10.0 Å². The van der Waals surface area contributed by atoms with Gasteiger partial charge >= 0.3 is 11.9 Å². The Morgan fingerprint density at radius 3 is 2.64 bits per heavy atom. The van der Waals surface area contributed by atoms with Crippen molar-refractivity contribution in [2.75, 3.05) is 13.2 Å². The zero-order valence-corrected chi connectivity index (χ0v) is 16.3. The third-order valence-corrected chi connectivity index (χ3v) is 3.79. The van der Waals surface area contributed by atoms with E-state index < -0.39 is 11.9 Å². The number of nitrogens with zero attached hydrogens (tertiary/aromatic N) is 1. The normalized spacial score (nSPS) is 10.7. The number of benzene rings is 2. The maximum atomic E-state index is 12.0. The van der Waals surface area contributed by atoms with E-state index in [0.29, 0.717) is 16.3 Å². The lowest BCUT2D eigenvalue weighted by atomic mass is 10.1. The van der Waals surface area contributed by atoms with Crippen LogP contribution in [0.15, 0.2) is 48.0 Å². The van der Waals surface area contributed by atoms with E-state index >= 15 is 0 Å². The van der Waals surface area contributed by atoms with Crippen molar-refractivity contribution in [3.05, 3.63) is 63.6 Å². The van der Waals surface area contributed by atoms with Gasteiger partial charge in [0, 0.05) is 5.02 Å². The van der Waals surface area contributed by atoms with Gasteiger partial charge in [0.1, 0.15) is 23.1 Å². The average Bonchev–Trinajstić information content (AvgIpc) is 2.66. The number of ether oxygens (including phenoxy) is 3. The number of hydrogen-bond donors (Lipinski definition) is 0. The molecule has 0 aliphatic heterocycles. The molecule has 0 amide bonds. The van der Waals surface area contributed by atoms with E-state index in [1.165, 1.54) is 18.2 Å². The van der Waals surface area contributed by atoms with Gasteiger partial charge in [-0.1, -0.05) is 35.3 Å². The summed E-state index contributed by atoms with van der Waals surface area (Å²) in [5, 5.41) is 9.80. The molecule has 0 bridgehead atoms. The zero-order valence-electron chi connectivity index (χ0n) is 14.8. The van der Waals surface area contributed by atoms with E-state index in [0.717, 1.165) is 0 Å². The van der Waals surface area contributed by atoms with E-state index in [1.54, 1.807) is 43.3 Å². The summed E-state index contributed by atoms with van der Waals surface area (Å²) in [6, 6.07) is 12.7. The van der Waals surface area contributed by atoms with Crippen molar-refractivity contribution in [3.8, 4) is 17.6 Å². The fourth-order valence-corrected chi connectivity index (χ4v) is 2.53. The van der Waals surface area contributed by atoms with E-state index in [-0.39, 0.29) is 29.6 Å². The second-order valence-electron chi connectivity index (χ2n) is 5.30. The smallest absolute Gasteiger partial charge is 0.349 e. The molecule has 0 unspecified atom stereocenters. The Hall–Kier alpha value is -3.01. The molecule has 0 aromatic heterocycles. The summed E-state index contributed by atoms with van der Waals surface area (Å²) >= 11 is 11.8. The van der Waals surface area contributed by atoms with Crippen LogP contribution in [0.5, 0.6) is 11.5 Å². The van der Waals surface area contributed by atoms with Gasteiger partial charge < -0.3 is 14.2 Å². The van der Waals surface area contributed by atoms with Gasteiger partial charge in [0.2, 0.25) is 0 Å². The highest BCUT2D eigenvalue weighted by atomic mass is 35.5. The molecule has 0 N–H and O–H groups in total. The molecule has 2 aromatic rings. The van der Waals surface area contributed by atoms with Gasteiger partial charge in [-0.15, -0.1) is 0 Å². The highest BCUT2D eigenvalue weighted by Gasteiger charge is 2.11. The first-order valence-corrected chi connectivity index (χ1v) is 8.86. The number of halogens is 2. The maximum absolute atomic E-state index is 12.0. The zero-order chi connectivity index (χ0) is 20.5. The molecule has 2 rings (SSSR count). The summed E-state index contributed by atoms with van der Waals surface area (Å²) in [6.07, 6.45) is 1.35. The van der Waals surface area contributed by atoms with Crippen molar-refractivity contribution in [1.82, 2.24) is 0 Å². The van der Waals surface area contributed by atoms with Crippen LogP contribution in [0.3, 0.4) is 0 Å². The van der Waals surface area contributed by atoms with Crippen molar-refractivity contribution in [3.63, 3.8) is 0 Å². The Kier molecular flexibility index (Phi) is 7.88. The number of nitriles is 1. The lowest BCUT2D eigenvalue weighted by Crippen LogP contribution is -2.17. The second-order valence-corrected chi connectivity index (χ2v) is 6.14. The first-order valence-electron chi connectivity index (χ1n) is 8.10. The SMILES string of the molecule is CCOC(=O)/C(C#N)=C/c1cccc(OC(=O)COc2ccc(Cl)cc2Cl)c1. The molecule has 144 valence electrons. The van der Waals surface area contributed by atoms with Gasteiger partial charge in [0.05, 0.1) is 11.6 Å². The number of carbonyl (C=O) groups is 2. The summed E-state index contributed by atoms with van der Waals surface area (Å²) in [7, 11) is 0. The minimum absolute atomic E-state index is 0.160. The first-order chi connectivity index (χ1) is 13.4. The Morgan fingerprint density at radius 2 is 1.96 bits per heavy atom. The van der Waals surface area contributed by atoms with Crippen LogP contribution in [0.25, 0.3) is 6.08 Å². The maximum Gasteiger partial charge on any atom is 0.349 e. The molecule has 28 heavy (non-hydrogen) atoms. The minimum Gasteiger partial charge on any atom is -0.480 e. The Bertz CT molecular complexity index is 950. The molecule has 8 heteroatoms. The number of carbonyl (C=O) groups excluding carboxylic acids is 2. The molecule has 0 saturated carbocycles. The lowest BCUT2D eigenvalue weighted by Gasteiger charge is -2.09. The first kappa shape index (κ1) is 21.3. The molecule has 0 aliphatic rings. The molecule has 0 saturated heterocycles. The van der Waals surface area contributed by atoms with Crippen LogP contribution in [0, 0.1) is 11.3 Å². The molecular weight excluding hydrogens is 405 g/mol. The summed E-state index contributed by atoms with van der Waals surface area (Å²) < 4.78 is 15.3. The molecule has 0 fully saturated rings. The van der Waals surface area contributed by atoms with Crippen LogP contribution in [0.4, 0.5) is 0 Å². The molecule has 0 atom stereocenters. The highest BCUT2D eigenvalue weighted by Crippen LogP contribution is 2.27. The minimum atomic E-state index is -0.722. The van der Waals surface area contributed by atoms with Crippen molar-refractivity contribution < 1.29 is 23.8 Å². The van der Waals surface area contributed by atoms with Crippen LogP contribution in [-0.4, -0.2) is 25.2 Å². The Morgan fingerprint density at radius 1 is 1.18 bits per heavy atom. The highest BCUT2D eigenvalue weighted by molar-refractivity contribution is 6.35. The van der Waals surface area contributed by atoms with Crippen LogP contribution >= 0.6 is 23.2 Å². The summed E-state index contributed by atoms with van der Waals surface area (Å²) in [5.74, 6) is -0.850. The van der Waals surface area contributed by atoms with Crippen molar-refractivity contribution in [2.24, 2.45) is 0 Å².